The fourth-order valence-corrected chi connectivity index (χ4v) is 5.73. The van der Waals surface area contributed by atoms with Crippen LogP contribution in [-0.4, -0.2) is 0 Å². The zero-order valence-corrected chi connectivity index (χ0v) is 27.3. The van der Waals surface area contributed by atoms with Crippen LogP contribution in [0.15, 0.2) is 53.1 Å². The summed E-state index contributed by atoms with van der Waals surface area (Å²) in [6, 6.07) is 5.61. The minimum atomic E-state index is -5.75. The van der Waals surface area contributed by atoms with Gasteiger partial charge in [0.15, 0.2) is 0 Å². The molecule has 0 heterocycles. The lowest BCUT2D eigenvalue weighted by Crippen LogP contribution is -2.15. The van der Waals surface area contributed by atoms with Gasteiger partial charge in [-0.15, -0.1) is 0 Å². The summed E-state index contributed by atoms with van der Waals surface area (Å²) >= 11 is 0. The molecule has 0 N–H and O–H groups in total. The lowest BCUT2D eigenvalue weighted by Gasteiger charge is -2.17. The van der Waals surface area contributed by atoms with E-state index in [1.54, 1.807) is 0 Å². The Morgan fingerprint density at radius 3 is 0.860 bits per heavy atom. The second-order valence-electron chi connectivity index (χ2n) is 11.5. The highest BCUT2D eigenvalue weighted by Crippen LogP contribution is 2.58. The molecular formula is C36H9F15N6. The van der Waals surface area contributed by atoms with Crippen molar-refractivity contribution in [2.75, 3.05) is 0 Å². The van der Waals surface area contributed by atoms with E-state index in [1.165, 1.54) is 12.1 Å². The molecule has 0 aromatic heterocycles. The maximum Gasteiger partial charge on any atom is 0.417 e. The molecule has 1 saturated carbocycles. The number of halogens is 15. The van der Waals surface area contributed by atoms with E-state index in [0.29, 0.717) is 6.07 Å². The van der Waals surface area contributed by atoms with E-state index >= 15 is 0 Å². The largest absolute Gasteiger partial charge is 0.417 e. The van der Waals surface area contributed by atoms with Gasteiger partial charge in [0.05, 0.1) is 79.4 Å². The Morgan fingerprint density at radius 1 is 0.368 bits per heavy atom. The van der Waals surface area contributed by atoms with Crippen LogP contribution in [0.25, 0.3) is 16.7 Å². The van der Waals surface area contributed by atoms with Gasteiger partial charge in [0, 0.05) is 27.8 Å². The van der Waals surface area contributed by atoms with Crippen LogP contribution in [0, 0.1) is 74.9 Å². The van der Waals surface area contributed by atoms with Crippen LogP contribution in [0.3, 0.4) is 0 Å². The molecule has 57 heavy (non-hydrogen) atoms. The summed E-state index contributed by atoms with van der Waals surface area (Å²) in [6.45, 7) is 0.954. The topological polar surface area (TPSA) is 143 Å². The maximum absolute atomic E-state index is 14.4. The number of nitriles is 6. The van der Waals surface area contributed by atoms with Crippen LogP contribution < -0.4 is 0 Å². The Labute approximate surface area is 308 Å². The molecule has 3 aromatic carbocycles. The molecule has 0 atom stereocenters. The Hall–Kier alpha value is -7.23. The van der Waals surface area contributed by atoms with Crippen LogP contribution >= 0.6 is 0 Å². The third-order valence-electron chi connectivity index (χ3n) is 8.15. The maximum atomic E-state index is 14.4. The van der Waals surface area contributed by atoms with E-state index in [2.05, 4.69) is 0 Å². The van der Waals surface area contributed by atoms with E-state index in [-0.39, 0.29) is 30.3 Å². The molecule has 1 aliphatic rings. The monoisotopic (exact) mass is 810 g/mol. The summed E-state index contributed by atoms with van der Waals surface area (Å²) in [5.74, 6) is 0. The molecule has 0 saturated heterocycles. The van der Waals surface area contributed by atoms with Crippen molar-refractivity contribution in [1.82, 2.24) is 0 Å². The third-order valence-corrected chi connectivity index (χ3v) is 8.15. The molecule has 1 fully saturated rings. The zero-order valence-electron chi connectivity index (χ0n) is 27.3. The van der Waals surface area contributed by atoms with Crippen molar-refractivity contribution in [2.24, 2.45) is 0 Å². The Bertz CT molecular complexity index is 2490. The number of benzene rings is 3. The Morgan fingerprint density at radius 2 is 0.614 bits per heavy atom. The molecule has 0 aliphatic heterocycles. The van der Waals surface area contributed by atoms with E-state index in [4.69, 9.17) is 0 Å². The molecule has 3 aromatic rings. The van der Waals surface area contributed by atoms with Crippen molar-refractivity contribution >= 4 is 16.7 Å². The molecule has 0 bridgehead atoms. The number of hydrogen-bond acceptors (Lipinski definition) is 6. The SMILES string of the molecule is Cc1cc(C#N)c(C(F)(F)F)cc1/C(C#N)=C1/C(=C(C#N)c2cc(C(F)(F)F)c(C#N)cc2C(F)(F)F)/C1=C(/C#N)c1cc(C(F)(F)F)c(C#N)cc1C(F)(F)F. The first-order valence-corrected chi connectivity index (χ1v) is 14.6. The van der Waals surface area contributed by atoms with Crippen molar-refractivity contribution in [3.8, 4) is 36.4 Å². The van der Waals surface area contributed by atoms with Gasteiger partial charge in [-0.2, -0.15) is 97.4 Å². The first-order valence-electron chi connectivity index (χ1n) is 14.6. The smallest absolute Gasteiger partial charge is 0.192 e. The van der Waals surface area contributed by atoms with Gasteiger partial charge in [-0.3, -0.25) is 0 Å². The summed E-state index contributed by atoms with van der Waals surface area (Å²) in [4.78, 5) is 0. The van der Waals surface area contributed by atoms with Gasteiger partial charge in [-0.25, -0.2) is 0 Å². The Balaban J connectivity index is 2.43. The van der Waals surface area contributed by atoms with Crippen LogP contribution in [0.4, 0.5) is 65.9 Å². The number of aryl methyl sites for hydroxylation is 1. The van der Waals surface area contributed by atoms with Crippen molar-refractivity contribution in [3.05, 3.63) is 120 Å². The van der Waals surface area contributed by atoms with Gasteiger partial charge in [-0.1, -0.05) is 0 Å². The molecule has 6 nitrogen and oxygen atoms in total. The highest BCUT2D eigenvalue weighted by molar-refractivity contribution is 6.12. The first kappa shape index (κ1) is 42.5. The molecule has 1 aliphatic carbocycles. The van der Waals surface area contributed by atoms with E-state index in [9.17, 15) is 97.4 Å². The quantitative estimate of drug-likeness (QED) is 0.190. The second-order valence-corrected chi connectivity index (χ2v) is 11.5. The predicted molar refractivity (Wildman–Crippen MR) is 161 cm³/mol. The average molecular weight is 810 g/mol. The molecule has 21 heteroatoms. The average Bonchev–Trinajstić information content (AvgIpc) is 3.80. The second kappa shape index (κ2) is 14.1. The third kappa shape index (κ3) is 7.82. The van der Waals surface area contributed by atoms with Crippen LogP contribution in [0.1, 0.15) is 66.8 Å². The van der Waals surface area contributed by atoms with Crippen LogP contribution in [0.5, 0.6) is 0 Å². The fraction of sp³-hybridized carbons (Fsp3) is 0.167. The Kier molecular flexibility index (Phi) is 10.5. The normalized spacial score (nSPS) is 15.9. The van der Waals surface area contributed by atoms with Gasteiger partial charge < -0.3 is 0 Å². The van der Waals surface area contributed by atoms with Gasteiger partial charge in [-0.05, 0) is 54.4 Å². The van der Waals surface area contributed by atoms with Crippen molar-refractivity contribution in [3.63, 3.8) is 0 Å². The number of allylic oxidation sites excluding steroid dienone is 6. The first-order chi connectivity index (χ1) is 26.1. The number of rotatable bonds is 3. The van der Waals surface area contributed by atoms with Crippen molar-refractivity contribution in [2.45, 2.75) is 37.8 Å². The molecule has 0 spiro atoms. The molecule has 0 amide bonds. The molecule has 0 radical (unpaired) electrons. The summed E-state index contributed by atoms with van der Waals surface area (Å²) in [5.41, 5.74) is -27.9. The number of nitrogens with zero attached hydrogens (tertiary/aromatic N) is 6. The predicted octanol–water partition coefficient (Wildman–Crippen LogP) is 10.9. The van der Waals surface area contributed by atoms with Crippen molar-refractivity contribution in [1.29, 1.82) is 31.6 Å². The van der Waals surface area contributed by atoms with Gasteiger partial charge >= 0.3 is 30.9 Å². The van der Waals surface area contributed by atoms with E-state index in [1.807, 2.05) is 0 Å². The molecule has 4 rings (SSSR count). The standard InChI is InChI=1S/C36H9F15N6/c1-14-2-15(8-52)24(32(37,38)39)5-18(14)21(11-55)29-30(22(12-56)19-6-25(33(40,41)42)16(9-53)3-27(19)35(46,47)48)31(29)23(13-57)20-7-26(34(43,44)45)17(10-54)4-28(20)36(49,50)51/h2-7H,1H3/b29-21-,30-22?,31-23-. The summed E-state index contributed by atoms with van der Waals surface area (Å²) in [6.07, 6.45) is -28.2. The van der Waals surface area contributed by atoms with Crippen LogP contribution in [-0.2, 0) is 30.9 Å². The molecule has 0 unspecified atom stereocenters. The summed E-state index contributed by atoms with van der Waals surface area (Å²) in [5, 5.41) is 58.3. The van der Waals surface area contributed by atoms with E-state index < -0.39 is 131 Å². The summed E-state index contributed by atoms with van der Waals surface area (Å²) < 4.78 is 212. The van der Waals surface area contributed by atoms with E-state index in [0.717, 1.165) is 31.2 Å². The number of alkyl halides is 15. The fourth-order valence-electron chi connectivity index (χ4n) is 5.73. The van der Waals surface area contributed by atoms with Gasteiger partial charge in [0.2, 0.25) is 0 Å². The highest BCUT2D eigenvalue weighted by atomic mass is 19.4. The molecule has 288 valence electrons. The van der Waals surface area contributed by atoms with Crippen molar-refractivity contribution < 1.29 is 65.9 Å². The van der Waals surface area contributed by atoms with Gasteiger partial charge in [0.25, 0.3) is 0 Å². The lowest BCUT2D eigenvalue weighted by atomic mass is 9.91. The number of hydrogen-bond donors (Lipinski definition) is 0. The van der Waals surface area contributed by atoms with Gasteiger partial charge in [0.1, 0.15) is 18.2 Å². The minimum absolute atomic E-state index is 0.125. The lowest BCUT2D eigenvalue weighted by molar-refractivity contribution is -0.141. The zero-order chi connectivity index (χ0) is 43.4. The molecular weight excluding hydrogens is 801 g/mol. The highest BCUT2D eigenvalue weighted by Gasteiger charge is 2.48. The minimum Gasteiger partial charge on any atom is -0.192 e. The summed E-state index contributed by atoms with van der Waals surface area (Å²) in [7, 11) is 0. The van der Waals surface area contributed by atoms with Crippen LogP contribution in [0.2, 0.25) is 0 Å².